The summed E-state index contributed by atoms with van der Waals surface area (Å²) in [5, 5.41) is 8.61. The highest BCUT2D eigenvalue weighted by Gasteiger charge is 2.24. The van der Waals surface area contributed by atoms with Gasteiger partial charge in [0.25, 0.3) is 11.5 Å². The first-order valence-electron chi connectivity index (χ1n) is 11.7. The first-order valence-corrected chi connectivity index (χ1v) is 11.7. The molecule has 1 aliphatic carbocycles. The molecule has 5 rings (SSSR count). The predicted octanol–water partition coefficient (Wildman–Crippen LogP) is 2.28. The number of likely N-dealkylation sites (tertiary alicyclic amines) is 1. The number of nitrogens with zero attached hydrogens (tertiary/aromatic N) is 4. The van der Waals surface area contributed by atoms with Crippen LogP contribution in [0.1, 0.15) is 53.7 Å². The lowest BCUT2D eigenvalue weighted by atomic mass is 9.97. The van der Waals surface area contributed by atoms with Crippen LogP contribution in [0.25, 0.3) is 11.0 Å². The monoisotopic (exact) mass is 434 g/mol. The van der Waals surface area contributed by atoms with Crippen LogP contribution >= 0.6 is 0 Å². The number of fused-ring (bicyclic) bond motifs is 2. The average Bonchev–Trinajstić information content (AvgIpc) is 3.26. The molecule has 8 heteroatoms. The second kappa shape index (κ2) is 9.24. The molecule has 1 amide bonds. The number of carbonyl (C=O) groups excluding carboxylic acids is 1. The van der Waals surface area contributed by atoms with Gasteiger partial charge in [-0.05, 0) is 62.8 Å². The van der Waals surface area contributed by atoms with Gasteiger partial charge in [0.05, 0.1) is 17.8 Å². The van der Waals surface area contributed by atoms with Crippen molar-refractivity contribution in [1.29, 1.82) is 0 Å². The van der Waals surface area contributed by atoms with Gasteiger partial charge in [-0.1, -0.05) is 6.42 Å². The van der Waals surface area contributed by atoms with Crippen molar-refractivity contribution in [2.75, 3.05) is 19.6 Å². The predicted molar refractivity (Wildman–Crippen MR) is 123 cm³/mol. The van der Waals surface area contributed by atoms with Crippen LogP contribution < -0.4 is 10.9 Å². The molecule has 1 unspecified atom stereocenters. The van der Waals surface area contributed by atoms with Crippen molar-refractivity contribution in [3.8, 4) is 0 Å². The van der Waals surface area contributed by atoms with Crippen molar-refractivity contribution in [2.24, 2.45) is 0 Å². The Labute approximate surface area is 187 Å². The molecule has 0 aromatic carbocycles. The van der Waals surface area contributed by atoms with E-state index < -0.39 is 0 Å². The van der Waals surface area contributed by atoms with E-state index in [4.69, 9.17) is 0 Å². The van der Waals surface area contributed by atoms with Crippen molar-refractivity contribution < 1.29 is 4.79 Å². The quantitative estimate of drug-likeness (QED) is 0.621. The van der Waals surface area contributed by atoms with E-state index in [-0.39, 0.29) is 17.5 Å². The highest BCUT2D eigenvalue weighted by Crippen LogP contribution is 2.19. The minimum atomic E-state index is -0.0812. The van der Waals surface area contributed by atoms with Crippen molar-refractivity contribution in [2.45, 2.75) is 57.5 Å². The molecule has 4 heterocycles. The molecule has 0 spiro atoms. The van der Waals surface area contributed by atoms with Gasteiger partial charge in [-0.2, -0.15) is 5.10 Å². The summed E-state index contributed by atoms with van der Waals surface area (Å²) in [6, 6.07) is 5.80. The van der Waals surface area contributed by atoms with Crippen molar-refractivity contribution in [3.63, 3.8) is 0 Å². The van der Waals surface area contributed by atoms with Crippen molar-refractivity contribution in [3.05, 3.63) is 57.8 Å². The zero-order valence-corrected chi connectivity index (χ0v) is 18.3. The van der Waals surface area contributed by atoms with E-state index in [0.717, 1.165) is 80.3 Å². The zero-order valence-electron chi connectivity index (χ0n) is 18.3. The molecule has 0 bridgehead atoms. The van der Waals surface area contributed by atoms with Crippen LogP contribution in [0.4, 0.5) is 0 Å². The number of H-pyrrole nitrogens is 1. The van der Waals surface area contributed by atoms with Gasteiger partial charge >= 0.3 is 0 Å². The molecule has 3 aromatic rings. The summed E-state index contributed by atoms with van der Waals surface area (Å²) in [7, 11) is 0. The van der Waals surface area contributed by atoms with Gasteiger partial charge in [0, 0.05) is 43.0 Å². The minimum absolute atomic E-state index is 0.000424. The van der Waals surface area contributed by atoms with Crippen LogP contribution in [0.3, 0.4) is 0 Å². The van der Waals surface area contributed by atoms with Gasteiger partial charge in [0.2, 0.25) is 0 Å². The summed E-state index contributed by atoms with van der Waals surface area (Å²) in [6.07, 6.45) is 11.0. The van der Waals surface area contributed by atoms with Crippen LogP contribution in [0.5, 0.6) is 0 Å². The number of aromatic nitrogens is 4. The Morgan fingerprint density at radius 2 is 2.09 bits per heavy atom. The summed E-state index contributed by atoms with van der Waals surface area (Å²) in [5.74, 6) is -0.0812. The Bertz CT molecular complexity index is 1170. The number of aryl methyl sites for hydroxylation is 2. The summed E-state index contributed by atoms with van der Waals surface area (Å²) in [4.78, 5) is 35.0. The number of rotatable bonds is 6. The van der Waals surface area contributed by atoms with Crippen molar-refractivity contribution >= 4 is 16.9 Å². The van der Waals surface area contributed by atoms with Crippen LogP contribution in [0, 0.1) is 0 Å². The number of nitrogens with one attached hydrogen (secondary N) is 2. The van der Waals surface area contributed by atoms with E-state index in [1.165, 1.54) is 0 Å². The smallest absolute Gasteiger partial charge is 0.267 e. The van der Waals surface area contributed by atoms with Gasteiger partial charge in [0.1, 0.15) is 5.65 Å². The number of pyridine rings is 1. The van der Waals surface area contributed by atoms with Crippen LogP contribution in [-0.4, -0.2) is 56.2 Å². The number of carbonyl (C=O) groups is 1. The van der Waals surface area contributed by atoms with E-state index in [1.807, 2.05) is 12.1 Å². The molecular formula is C24H30N6O2. The summed E-state index contributed by atoms with van der Waals surface area (Å²) in [6.45, 7) is 2.93. The fourth-order valence-corrected chi connectivity index (χ4v) is 5.02. The zero-order chi connectivity index (χ0) is 21.9. The summed E-state index contributed by atoms with van der Waals surface area (Å²) in [5.41, 5.74) is 3.57. The van der Waals surface area contributed by atoms with E-state index >= 15 is 0 Å². The first kappa shape index (κ1) is 20.9. The number of aromatic amines is 1. The summed E-state index contributed by atoms with van der Waals surface area (Å²) >= 11 is 0. The average molecular weight is 435 g/mol. The Hall–Kier alpha value is -3.00. The molecule has 32 heavy (non-hydrogen) atoms. The molecule has 168 valence electrons. The van der Waals surface area contributed by atoms with E-state index in [1.54, 1.807) is 23.1 Å². The van der Waals surface area contributed by atoms with Crippen LogP contribution in [-0.2, 0) is 19.4 Å². The number of amides is 1. The molecule has 0 saturated carbocycles. The van der Waals surface area contributed by atoms with Gasteiger partial charge in [-0.15, -0.1) is 0 Å². The maximum Gasteiger partial charge on any atom is 0.267 e. The van der Waals surface area contributed by atoms with Crippen molar-refractivity contribution in [1.82, 2.24) is 30.0 Å². The first-order chi connectivity index (χ1) is 15.7. The second-order valence-corrected chi connectivity index (χ2v) is 8.88. The topological polar surface area (TPSA) is 95.9 Å². The third-order valence-electron chi connectivity index (χ3n) is 6.82. The number of hydrogen-bond acceptors (Lipinski definition) is 5. The van der Waals surface area contributed by atoms with E-state index in [2.05, 4.69) is 25.3 Å². The number of hydrogen-bond donors (Lipinski definition) is 2. The lowest BCUT2D eigenvalue weighted by molar-refractivity contribution is 0.0910. The third kappa shape index (κ3) is 4.32. The van der Waals surface area contributed by atoms with Gasteiger partial charge < -0.3 is 10.3 Å². The molecular weight excluding hydrogens is 404 g/mol. The van der Waals surface area contributed by atoms with Gasteiger partial charge in [0.15, 0.2) is 0 Å². The fraction of sp³-hybridized carbons (Fsp3) is 0.500. The summed E-state index contributed by atoms with van der Waals surface area (Å²) < 4.78 is 1.63. The Morgan fingerprint density at radius 3 is 3.03 bits per heavy atom. The third-order valence-corrected chi connectivity index (χ3v) is 6.82. The highest BCUT2D eigenvalue weighted by atomic mass is 16.1. The van der Waals surface area contributed by atoms with E-state index in [0.29, 0.717) is 18.7 Å². The molecule has 8 nitrogen and oxygen atoms in total. The Kier molecular flexibility index (Phi) is 6.03. The maximum atomic E-state index is 12.8. The van der Waals surface area contributed by atoms with Crippen LogP contribution in [0.15, 0.2) is 35.4 Å². The van der Waals surface area contributed by atoms with Gasteiger partial charge in [-0.25, -0.2) is 9.67 Å². The van der Waals surface area contributed by atoms with E-state index in [9.17, 15) is 9.59 Å². The second-order valence-electron chi connectivity index (χ2n) is 8.88. The van der Waals surface area contributed by atoms with Crippen LogP contribution in [0.2, 0.25) is 0 Å². The number of piperidine rings is 1. The molecule has 1 saturated heterocycles. The Morgan fingerprint density at radius 1 is 1.19 bits per heavy atom. The molecule has 2 aliphatic rings. The standard InChI is InChI=1S/C24H30N6O2/c31-22-14-17-6-1-2-9-21(17)28-30(22)13-12-29-11-4-3-7-18(29)15-27-24(32)20-16-26-23-19(20)8-5-10-25-23/h5,8,10,14,16,18H,1-4,6-7,9,11-13,15H2,(H,25,26)(H,27,32). The molecule has 0 radical (unpaired) electrons. The maximum absolute atomic E-state index is 12.8. The molecule has 1 aliphatic heterocycles. The fourth-order valence-electron chi connectivity index (χ4n) is 5.02. The lowest BCUT2D eigenvalue weighted by Crippen LogP contribution is -2.48. The normalized spacial score (nSPS) is 19.1. The lowest BCUT2D eigenvalue weighted by Gasteiger charge is -2.35. The highest BCUT2D eigenvalue weighted by molar-refractivity contribution is 6.05. The molecule has 1 atom stereocenters. The Balaban J connectivity index is 1.22. The largest absolute Gasteiger partial charge is 0.350 e. The molecule has 1 fully saturated rings. The molecule has 3 aromatic heterocycles. The SMILES string of the molecule is O=C(NCC1CCCCN1CCn1nc2c(cc1=O)CCCC2)c1c[nH]c2ncccc12. The van der Waals surface area contributed by atoms with Gasteiger partial charge in [-0.3, -0.25) is 14.5 Å². The molecule has 2 N–H and O–H groups in total. The minimum Gasteiger partial charge on any atom is -0.350 e.